The summed E-state index contributed by atoms with van der Waals surface area (Å²) < 4.78 is 0. The van der Waals surface area contributed by atoms with Gasteiger partial charge in [-0.15, -0.1) is 11.8 Å². The van der Waals surface area contributed by atoms with Crippen LogP contribution in [0.1, 0.15) is 31.4 Å². The smallest absolute Gasteiger partial charge is 0.164 e. The van der Waals surface area contributed by atoms with Gasteiger partial charge in [0.15, 0.2) is 17.5 Å². The third kappa shape index (κ3) is 9.02. The molecule has 0 saturated carbocycles. The Labute approximate surface area is 357 Å². The molecule has 0 aliphatic heterocycles. The molecule has 0 radical (unpaired) electrons. The van der Waals surface area contributed by atoms with Gasteiger partial charge in [0.25, 0.3) is 0 Å². The van der Waals surface area contributed by atoms with E-state index in [-0.39, 0.29) is 5.41 Å². The van der Waals surface area contributed by atoms with Crippen molar-refractivity contribution < 1.29 is 0 Å². The van der Waals surface area contributed by atoms with E-state index in [9.17, 15) is 0 Å². The van der Waals surface area contributed by atoms with E-state index in [0.717, 1.165) is 45.4 Å². The van der Waals surface area contributed by atoms with Crippen molar-refractivity contribution in [1.29, 1.82) is 0 Å². The van der Waals surface area contributed by atoms with E-state index in [0.29, 0.717) is 17.5 Å². The topological polar surface area (TPSA) is 51.6 Å². The van der Waals surface area contributed by atoms with Crippen molar-refractivity contribution >= 4 is 22.5 Å². The van der Waals surface area contributed by atoms with Crippen LogP contribution in [0.4, 0.5) is 0 Å². The lowest BCUT2D eigenvalue weighted by Gasteiger charge is -2.32. The maximum atomic E-state index is 4.93. The first-order valence-corrected chi connectivity index (χ1v) is 21.4. The van der Waals surface area contributed by atoms with Crippen LogP contribution in [0.5, 0.6) is 0 Å². The maximum Gasteiger partial charge on any atom is 0.164 e. The van der Waals surface area contributed by atoms with Crippen LogP contribution in [0, 0.1) is 0 Å². The van der Waals surface area contributed by atoms with Crippen LogP contribution in [0.15, 0.2) is 218 Å². The minimum atomic E-state index is -0.383. The van der Waals surface area contributed by atoms with Gasteiger partial charge in [-0.1, -0.05) is 194 Å². The molecule has 0 fully saturated rings. The first-order valence-electron chi connectivity index (χ1n) is 20.4. The van der Waals surface area contributed by atoms with E-state index in [1.807, 2.05) is 80.0 Å². The van der Waals surface area contributed by atoms with Crippen LogP contribution in [-0.4, -0.2) is 25.7 Å². The quantitative estimate of drug-likeness (QED) is 0.0623. The number of pyridine rings is 1. The van der Waals surface area contributed by atoms with Gasteiger partial charge in [0.1, 0.15) is 0 Å². The normalized spacial score (nSPS) is 12.9. The van der Waals surface area contributed by atoms with Crippen LogP contribution < -0.4 is 0 Å². The number of rotatable bonds is 14. The highest BCUT2D eigenvalue weighted by Crippen LogP contribution is 2.40. The lowest BCUT2D eigenvalue weighted by Crippen LogP contribution is -2.24. The molecule has 0 N–H and O–H groups in total. The monoisotopic (exact) mass is 794 g/mol. The van der Waals surface area contributed by atoms with Gasteiger partial charge in [-0.05, 0) is 70.5 Å². The second-order valence-corrected chi connectivity index (χ2v) is 15.4. The predicted octanol–water partition coefficient (Wildman–Crippen LogP) is 14.4. The van der Waals surface area contributed by atoms with Gasteiger partial charge in [0.2, 0.25) is 0 Å². The SMILES string of the molecule is C/C=C/SC/C=C\C=C/CC(/C=C/C)(c1ccc(-c2ccc(-c3nc(-c4ccccc4)nc(-c4ccccc4)n3)cc2)cc1)c1ccc(-c2cccc3ccncc23)cc1. The number of hydrogen-bond donors (Lipinski definition) is 0. The van der Waals surface area contributed by atoms with Crippen LogP contribution in [0.2, 0.25) is 0 Å². The van der Waals surface area contributed by atoms with Crippen LogP contribution in [0.3, 0.4) is 0 Å². The molecule has 0 amide bonds. The van der Waals surface area contributed by atoms with Crippen molar-refractivity contribution in [3.05, 3.63) is 229 Å². The van der Waals surface area contributed by atoms with Crippen LogP contribution in [-0.2, 0) is 5.41 Å². The molecule has 0 aliphatic rings. The molecule has 292 valence electrons. The number of nitrogens with zero attached hydrogens (tertiary/aromatic N) is 4. The molecule has 8 aromatic rings. The third-order valence-corrected chi connectivity index (χ3v) is 11.5. The average molecular weight is 795 g/mol. The molecule has 0 saturated heterocycles. The first-order chi connectivity index (χ1) is 29.6. The molecule has 2 aromatic heterocycles. The number of thioether (sulfide) groups is 1. The first kappa shape index (κ1) is 39.9. The number of hydrogen-bond acceptors (Lipinski definition) is 5. The number of fused-ring (bicyclic) bond motifs is 1. The average Bonchev–Trinajstić information content (AvgIpc) is 3.32. The fourth-order valence-corrected chi connectivity index (χ4v) is 8.17. The molecule has 0 aliphatic carbocycles. The molecule has 60 heavy (non-hydrogen) atoms. The van der Waals surface area contributed by atoms with E-state index < -0.39 is 0 Å². The molecular formula is C55H46N4S. The second-order valence-electron chi connectivity index (χ2n) is 14.5. The Kier molecular flexibility index (Phi) is 12.8. The summed E-state index contributed by atoms with van der Waals surface area (Å²) in [5.74, 6) is 2.89. The Morgan fingerprint density at radius 3 is 1.62 bits per heavy atom. The summed E-state index contributed by atoms with van der Waals surface area (Å²) in [5.41, 5.74) is 9.54. The summed E-state index contributed by atoms with van der Waals surface area (Å²) in [7, 11) is 0. The van der Waals surface area contributed by atoms with Gasteiger partial charge in [-0.3, -0.25) is 4.98 Å². The third-order valence-electron chi connectivity index (χ3n) is 10.7. The summed E-state index contributed by atoms with van der Waals surface area (Å²) in [5, 5.41) is 4.47. The van der Waals surface area contributed by atoms with Crippen LogP contribution >= 0.6 is 11.8 Å². The fourth-order valence-electron chi connectivity index (χ4n) is 7.64. The largest absolute Gasteiger partial charge is 0.264 e. The minimum Gasteiger partial charge on any atom is -0.264 e. The standard InChI is InChI=1S/C55H46N4S/c1-3-35-55(36-13-5-6-14-39-60-38-4-2,49-32-28-44(29-33-49)50-21-15-20-43-34-37-56-40-51(43)50)48-30-26-42(27-31-48)41-22-24-47(25-23-41)54-58-52(45-16-9-7-10-17-45)57-53(59-54)46-18-11-8-12-19-46/h3-35,37-38,40H,36,39H2,1-2H3/b13-5-,14-6-,35-3+,38-4+. The zero-order valence-corrected chi connectivity index (χ0v) is 34.7. The Balaban J connectivity index is 1.11. The summed E-state index contributed by atoms with van der Waals surface area (Å²) >= 11 is 1.79. The molecule has 1 unspecified atom stereocenters. The molecule has 0 bridgehead atoms. The summed E-state index contributed by atoms with van der Waals surface area (Å²) in [6, 6.07) is 55.4. The van der Waals surface area contributed by atoms with Crippen molar-refractivity contribution in [2.45, 2.75) is 25.7 Å². The lowest BCUT2D eigenvalue weighted by molar-refractivity contribution is 0.653. The Morgan fingerprint density at radius 2 is 1.03 bits per heavy atom. The van der Waals surface area contributed by atoms with Gasteiger partial charge in [0, 0.05) is 45.6 Å². The molecular weight excluding hydrogens is 749 g/mol. The van der Waals surface area contributed by atoms with Gasteiger partial charge in [-0.25, -0.2) is 15.0 Å². The van der Waals surface area contributed by atoms with E-state index in [1.54, 1.807) is 11.8 Å². The van der Waals surface area contributed by atoms with Gasteiger partial charge in [-0.2, -0.15) is 0 Å². The highest BCUT2D eigenvalue weighted by molar-refractivity contribution is 8.02. The number of aromatic nitrogens is 4. The molecule has 1 atom stereocenters. The van der Waals surface area contributed by atoms with Crippen molar-refractivity contribution in [3.63, 3.8) is 0 Å². The zero-order valence-electron chi connectivity index (χ0n) is 33.9. The van der Waals surface area contributed by atoms with E-state index >= 15 is 0 Å². The Morgan fingerprint density at radius 1 is 0.500 bits per heavy atom. The predicted molar refractivity (Wildman–Crippen MR) is 255 cm³/mol. The Bertz CT molecular complexity index is 2710. The van der Waals surface area contributed by atoms with E-state index in [1.165, 1.54) is 27.6 Å². The molecule has 5 heteroatoms. The lowest BCUT2D eigenvalue weighted by atomic mass is 9.71. The highest BCUT2D eigenvalue weighted by Gasteiger charge is 2.30. The molecule has 2 heterocycles. The number of allylic oxidation sites excluding steroid dienone is 6. The minimum absolute atomic E-state index is 0.383. The molecule has 6 aromatic carbocycles. The van der Waals surface area contributed by atoms with Crippen molar-refractivity contribution in [3.8, 4) is 56.4 Å². The van der Waals surface area contributed by atoms with Crippen molar-refractivity contribution in [2.75, 3.05) is 5.75 Å². The second kappa shape index (κ2) is 19.2. The van der Waals surface area contributed by atoms with E-state index in [2.05, 4.69) is 157 Å². The van der Waals surface area contributed by atoms with Gasteiger partial charge >= 0.3 is 0 Å². The fraction of sp³-hybridized carbons (Fsp3) is 0.0909. The van der Waals surface area contributed by atoms with Gasteiger partial charge < -0.3 is 0 Å². The Hall–Kier alpha value is -6.95. The summed E-state index contributed by atoms with van der Waals surface area (Å²) in [6.45, 7) is 4.16. The van der Waals surface area contributed by atoms with Crippen LogP contribution in [0.25, 0.3) is 67.2 Å². The summed E-state index contributed by atoms with van der Waals surface area (Å²) in [6.07, 6.45) is 20.1. The number of benzene rings is 6. The molecule has 4 nitrogen and oxygen atoms in total. The molecule has 8 rings (SSSR count). The van der Waals surface area contributed by atoms with Gasteiger partial charge in [0.05, 0.1) is 0 Å². The highest BCUT2D eigenvalue weighted by atomic mass is 32.2. The summed E-state index contributed by atoms with van der Waals surface area (Å²) in [4.78, 5) is 19.1. The molecule has 0 spiro atoms. The zero-order chi connectivity index (χ0) is 41.0. The maximum absolute atomic E-state index is 4.93. The van der Waals surface area contributed by atoms with E-state index in [4.69, 9.17) is 15.0 Å². The van der Waals surface area contributed by atoms with Crippen molar-refractivity contribution in [1.82, 2.24) is 19.9 Å². The van der Waals surface area contributed by atoms with Crippen molar-refractivity contribution in [2.24, 2.45) is 0 Å².